The Bertz CT molecular complexity index is 945. The quantitative estimate of drug-likeness (QED) is 0.603. The van der Waals surface area contributed by atoms with Crippen molar-refractivity contribution >= 4 is 28.3 Å². The Hall–Kier alpha value is -3.15. The van der Waals surface area contributed by atoms with Gasteiger partial charge < -0.3 is 25.7 Å². The number of amides is 2. The number of nitrogens with two attached hydrogens (primary N) is 1. The van der Waals surface area contributed by atoms with Gasteiger partial charge in [-0.3, -0.25) is 0 Å². The van der Waals surface area contributed by atoms with Gasteiger partial charge in [-0.2, -0.15) is 0 Å². The maximum atomic E-state index is 11.7. The minimum absolute atomic E-state index is 0.211. The Morgan fingerprint density at radius 3 is 2.52 bits per heavy atom. The fourth-order valence-corrected chi connectivity index (χ4v) is 3.30. The molecule has 0 atom stereocenters. The zero-order valence-electron chi connectivity index (χ0n) is 16.0. The first-order valence-electron chi connectivity index (χ1n) is 9.20. The van der Waals surface area contributed by atoms with Gasteiger partial charge in [0.15, 0.2) is 0 Å². The molecule has 142 valence electrons. The second-order valence-corrected chi connectivity index (χ2v) is 6.36. The number of urea groups is 1. The molecule has 0 aliphatic heterocycles. The van der Waals surface area contributed by atoms with Crippen LogP contribution >= 0.6 is 0 Å². The summed E-state index contributed by atoms with van der Waals surface area (Å²) >= 11 is 0. The fourth-order valence-electron chi connectivity index (χ4n) is 3.30. The molecular formula is C21H26N4O2. The van der Waals surface area contributed by atoms with Gasteiger partial charge in [0.1, 0.15) is 5.75 Å². The summed E-state index contributed by atoms with van der Waals surface area (Å²) in [5.74, 6) is 0.811. The van der Waals surface area contributed by atoms with Crippen molar-refractivity contribution in [1.29, 1.82) is 0 Å². The number of carbonyl (C=O) groups excluding carboxylic acids is 1. The van der Waals surface area contributed by atoms with Crippen LogP contribution in [0.1, 0.15) is 20.3 Å². The van der Waals surface area contributed by atoms with Crippen molar-refractivity contribution in [3.05, 3.63) is 42.5 Å². The lowest BCUT2D eigenvalue weighted by atomic mass is 10.1. The van der Waals surface area contributed by atoms with E-state index in [1.165, 1.54) is 0 Å². The highest BCUT2D eigenvalue weighted by Gasteiger charge is 2.17. The largest absolute Gasteiger partial charge is 0.497 e. The van der Waals surface area contributed by atoms with Crippen LogP contribution in [0.25, 0.3) is 22.2 Å². The summed E-state index contributed by atoms with van der Waals surface area (Å²) in [6, 6.07) is 13.5. The van der Waals surface area contributed by atoms with E-state index in [2.05, 4.69) is 22.1 Å². The van der Waals surface area contributed by atoms with Crippen LogP contribution in [-0.4, -0.2) is 24.3 Å². The summed E-state index contributed by atoms with van der Waals surface area (Å²) < 4.78 is 7.62. The molecule has 0 bridgehead atoms. The third-order valence-corrected chi connectivity index (χ3v) is 4.51. The minimum Gasteiger partial charge on any atom is -0.497 e. The molecule has 0 spiro atoms. The molecule has 2 aromatic carbocycles. The standard InChI is InChI=1S/C21H26N4O2/c1-4-12-25-18-13-16(27-3)10-11-17(18)19(22)20(25)14-6-8-15(9-7-14)24-21(26)23-5-2/h6-11,13H,4-5,12,22H2,1-3H3,(H2,23,24,26). The smallest absolute Gasteiger partial charge is 0.319 e. The van der Waals surface area contributed by atoms with Gasteiger partial charge >= 0.3 is 6.03 Å². The molecule has 0 unspecified atom stereocenters. The van der Waals surface area contributed by atoms with Crippen LogP contribution in [0, 0.1) is 0 Å². The van der Waals surface area contributed by atoms with E-state index in [0.29, 0.717) is 6.54 Å². The lowest BCUT2D eigenvalue weighted by molar-refractivity contribution is 0.252. The number of aryl methyl sites for hydroxylation is 1. The zero-order valence-corrected chi connectivity index (χ0v) is 16.0. The predicted molar refractivity (Wildman–Crippen MR) is 111 cm³/mol. The van der Waals surface area contributed by atoms with Gasteiger partial charge in [0.2, 0.25) is 0 Å². The highest BCUT2D eigenvalue weighted by atomic mass is 16.5. The van der Waals surface area contributed by atoms with Crippen LogP contribution < -0.4 is 21.1 Å². The topological polar surface area (TPSA) is 81.3 Å². The molecule has 6 heteroatoms. The summed E-state index contributed by atoms with van der Waals surface area (Å²) in [7, 11) is 1.67. The third-order valence-electron chi connectivity index (χ3n) is 4.51. The van der Waals surface area contributed by atoms with Crippen LogP contribution in [0.5, 0.6) is 5.75 Å². The normalized spacial score (nSPS) is 10.8. The molecule has 2 amide bonds. The SMILES string of the molecule is CCCn1c(-c2ccc(NC(=O)NCC)cc2)c(N)c2ccc(OC)cc21. The Morgan fingerprint density at radius 2 is 1.89 bits per heavy atom. The van der Waals surface area contributed by atoms with E-state index in [1.54, 1.807) is 7.11 Å². The number of fused-ring (bicyclic) bond motifs is 1. The van der Waals surface area contributed by atoms with E-state index in [4.69, 9.17) is 10.5 Å². The van der Waals surface area contributed by atoms with E-state index < -0.39 is 0 Å². The number of carbonyl (C=O) groups is 1. The molecule has 3 rings (SSSR count). The van der Waals surface area contributed by atoms with E-state index in [9.17, 15) is 4.79 Å². The van der Waals surface area contributed by atoms with Crippen LogP contribution in [0.4, 0.5) is 16.2 Å². The number of hydrogen-bond acceptors (Lipinski definition) is 3. The third kappa shape index (κ3) is 3.69. The van der Waals surface area contributed by atoms with Gasteiger partial charge in [0, 0.05) is 35.8 Å². The van der Waals surface area contributed by atoms with Gasteiger partial charge in [-0.15, -0.1) is 0 Å². The molecule has 1 heterocycles. The number of nitrogens with zero attached hydrogens (tertiary/aromatic N) is 1. The lowest BCUT2D eigenvalue weighted by Crippen LogP contribution is -2.28. The Balaban J connectivity index is 2.03. The van der Waals surface area contributed by atoms with E-state index in [-0.39, 0.29) is 6.03 Å². The van der Waals surface area contributed by atoms with E-state index >= 15 is 0 Å². The Kier molecular flexibility index (Phi) is 5.54. The number of ether oxygens (including phenoxy) is 1. The molecule has 0 aliphatic rings. The second kappa shape index (κ2) is 8.03. The number of rotatable bonds is 6. The molecule has 3 aromatic rings. The molecule has 0 fully saturated rings. The average molecular weight is 366 g/mol. The van der Waals surface area contributed by atoms with Crippen LogP contribution in [0.3, 0.4) is 0 Å². The number of aromatic nitrogens is 1. The second-order valence-electron chi connectivity index (χ2n) is 6.36. The van der Waals surface area contributed by atoms with E-state index in [1.807, 2.05) is 49.4 Å². The number of nitrogens with one attached hydrogen (secondary N) is 2. The molecule has 27 heavy (non-hydrogen) atoms. The molecule has 0 radical (unpaired) electrons. The number of hydrogen-bond donors (Lipinski definition) is 3. The first kappa shape index (κ1) is 18.6. The van der Waals surface area contributed by atoms with Gasteiger partial charge in [-0.05, 0) is 37.6 Å². The van der Waals surface area contributed by atoms with Gasteiger partial charge in [-0.25, -0.2) is 4.79 Å². The van der Waals surface area contributed by atoms with Crippen molar-refractivity contribution in [3.63, 3.8) is 0 Å². The minimum atomic E-state index is -0.211. The maximum absolute atomic E-state index is 11.7. The average Bonchev–Trinajstić information content (AvgIpc) is 2.94. The van der Waals surface area contributed by atoms with Gasteiger partial charge in [0.25, 0.3) is 0 Å². The zero-order chi connectivity index (χ0) is 19.4. The van der Waals surface area contributed by atoms with Crippen molar-refractivity contribution in [1.82, 2.24) is 9.88 Å². The molecule has 6 nitrogen and oxygen atoms in total. The number of nitrogen functional groups attached to an aromatic ring is 1. The molecule has 1 aromatic heterocycles. The number of anilines is 2. The molecular weight excluding hydrogens is 340 g/mol. The van der Waals surface area contributed by atoms with Crippen LogP contribution in [0.15, 0.2) is 42.5 Å². The first-order chi connectivity index (χ1) is 13.1. The van der Waals surface area contributed by atoms with Crippen molar-refractivity contribution in [2.75, 3.05) is 24.7 Å². The molecule has 4 N–H and O–H groups in total. The summed E-state index contributed by atoms with van der Waals surface area (Å²) in [5.41, 5.74) is 11.1. The van der Waals surface area contributed by atoms with Crippen molar-refractivity contribution < 1.29 is 9.53 Å². The fraction of sp³-hybridized carbons (Fsp3) is 0.286. The molecule has 0 saturated carbocycles. The summed E-state index contributed by atoms with van der Waals surface area (Å²) in [6.07, 6.45) is 0.990. The first-order valence-corrected chi connectivity index (χ1v) is 9.20. The predicted octanol–water partition coefficient (Wildman–Crippen LogP) is 4.45. The molecule has 0 saturated heterocycles. The highest BCUT2D eigenvalue weighted by Crippen LogP contribution is 2.38. The molecule has 0 aliphatic carbocycles. The van der Waals surface area contributed by atoms with Crippen molar-refractivity contribution in [3.8, 4) is 17.0 Å². The Morgan fingerprint density at radius 1 is 1.15 bits per heavy atom. The summed E-state index contributed by atoms with van der Waals surface area (Å²) in [4.78, 5) is 11.7. The van der Waals surface area contributed by atoms with Gasteiger partial charge in [0.05, 0.1) is 24.0 Å². The summed E-state index contributed by atoms with van der Waals surface area (Å²) in [5, 5.41) is 6.55. The van der Waals surface area contributed by atoms with Crippen LogP contribution in [-0.2, 0) is 6.54 Å². The number of methoxy groups -OCH3 is 1. The van der Waals surface area contributed by atoms with Crippen LogP contribution in [0.2, 0.25) is 0 Å². The van der Waals surface area contributed by atoms with Crippen molar-refractivity contribution in [2.24, 2.45) is 0 Å². The highest BCUT2D eigenvalue weighted by molar-refractivity contribution is 6.01. The maximum Gasteiger partial charge on any atom is 0.319 e. The monoisotopic (exact) mass is 366 g/mol. The summed E-state index contributed by atoms with van der Waals surface area (Å²) in [6.45, 7) is 5.47. The van der Waals surface area contributed by atoms with Gasteiger partial charge in [-0.1, -0.05) is 19.1 Å². The number of benzene rings is 2. The lowest BCUT2D eigenvalue weighted by Gasteiger charge is -2.12. The Labute approximate surface area is 159 Å². The van der Waals surface area contributed by atoms with Crippen molar-refractivity contribution in [2.45, 2.75) is 26.8 Å². The van der Waals surface area contributed by atoms with E-state index in [0.717, 1.165) is 52.3 Å².